The number of sulfonamides is 1. The van der Waals surface area contributed by atoms with E-state index in [1.54, 1.807) is 0 Å². The number of imidazole rings is 1. The maximum Gasteiger partial charge on any atom is 0.260 e. The average Bonchev–Trinajstić information content (AvgIpc) is 3.36. The van der Waals surface area contributed by atoms with Crippen LogP contribution in [0.5, 0.6) is 0 Å². The Morgan fingerprint density at radius 2 is 2.15 bits per heavy atom. The number of likely N-dealkylation sites (tertiary alicyclic amines) is 1. The number of H-pyrrole nitrogens is 1. The molecule has 0 bridgehead atoms. The predicted octanol–water partition coefficient (Wildman–Crippen LogP) is 0.868. The maximum absolute atomic E-state index is 13.4. The third-order valence-corrected chi connectivity index (χ3v) is 8.12. The second-order valence-electron chi connectivity index (χ2n) is 8.19. The fraction of sp³-hybridized carbons (Fsp3) is 0.778. The molecule has 0 aromatic carbocycles. The normalized spacial score (nSPS) is 30.0. The van der Waals surface area contributed by atoms with E-state index in [-0.39, 0.29) is 23.4 Å². The Hall–Kier alpha value is -1.45. The average molecular weight is 397 g/mol. The molecular formula is C18H28N4O4S. The van der Waals surface area contributed by atoms with Gasteiger partial charge in [-0.15, -0.1) is 0 Å². The summed E-state index contributed by atoms with van der Waals surface area (Å²) in [5.74, 6) is 1.25. The number of aryl methyl sites for hydroxylation is 1. The third-order valence-electron chi connectivity index (χ3n) is 6.40. The lowest BCUT2D eigenvalue weighted by atomic mass is 9.79. The molecule has 9 heteroatoms. The van der Waals surface area contributed by atoms with Gasteiger partial charge < -0.3 is 14.6 Å². The van der Waals surface area contributed by atoms with Crippen molar-refractivity contribution in [3.05, 3.63) is 12.0 Å². The lowest BCUT2D eigenvalue weighted by Gasteiger charge is -2.37. The van der Waals surface area contributed by atoms with Gasteiger partial charge in [-0.25, -0.2) is 13.4 Å². The summed E-state index contributed by atoms with van der Waals surface area (Å²) >= 11 is 0. The van der Waals surface area contributed by atoms with E-state index < -0.39 is 15.4 Å². The Morgan fingerprint density at radius 1 is 1.41 bits per heavy atom. The van der Waals surface area contributed by atoms with E-state index in [0.29, 0.717) is 37.9 Å². The molecule has 1 aromatic rings. The Kier molecular flexibility index (Phi) is 4.80. The van der Waals surface area contributed by atoms with Gasteiger partial charge in [0.15, 0.2) is 5.03 Å². The summed E-state index contributed by atoms with van der Waals surface area (Å²) in [7, 11) is -3.69. The zero-order valence-electron chi connectivity index (χ0n) is 16.0. The number of aromatic nitrogens is 2. The van der Waals surface area contributed by atoms with Crippen LogP contribution in [-0.4, -0.2) is 72.9 Å². The fourth-order valence-corrected chi connectivity index (χ4v) is 5.98. The summed E-state index contributed by atoms with van der Waals surface area (Å²) in [5.41, 5.74) is -0.749. The molecule has 3 fully saturated rings. The number of fused-ring (bicyclic) bond motifs is 1. The Balaban J connectivity index is 1.57. The van der Waals surface area contributed by atoms with Crippen molar-refractivity contribution in [2.75, 3.05) is 39.4 Å². The first-order chi connectivity index (χ1) is 12.9. The molecule has 1 amide bonds. The van der Waals surface area contributed by atoms with Gasteiger partial charge in [-0.3, -0.25) is 4.79 Å². The minimum absolute atomic E-state index is 0.0634. The molecule has 1 aromatic heterocycles. The van der Waals surface area contributed by atoms with E-state index in [2.05, 4.69) is 16.9 Å². The Labute approximate surface area is 160 Å². The van der Waals surface area contributed by atoms with Crippen LogP contribution in [0, 0.1) is 17.3 Å². The van der Waals surface area contributed by atoms with Crippen molar-refractivity contribution in [2.24, 2.45) is 17.3 Å². The smallest absolute Gasteiger partial charge is 0.260 e. The molecule has 4 rings (SSSR count). The zero-order valence-corrected chi connectivity index (χ0v) is 16.8. The van der Waals surface area contributed by atoms with E-state index in [9.17, 15) is 13.2 Å². The molecule has 27 heavy (non-hydrogen) atoms. The fourth-order valence-electron chi connectivity index (χ4n) is 4.49. The molecule has 0 radical (unpaired) electrons. The molecule has 0 saturated carbocycles. The van der Waals surface area contributed by atoms with Gasteiger partial charge in [-0.2, -0.15) is 4.31 Å². The van der Waals surface area contributed by atoms with Gasteiger partial charge in [0.2, 0.25) is 5.91 Å². The molecule has 4 heterocycles. The molecule has 1 N–H and O–H groups in total. The lowest BCUT2D eigenvalue weighted by Crippen LogP contribution is -2.51. The van der Waals surface area contributed by atoms with Gasteiger partial charge in [0.1, 0.15) is 5.82 Å². The molecule has 8 nitrogen and oxygen atoms in total. The second-order valence-corrected chi connectivity index (χ2v) is 10.1. The molecule has 150 valence electrons. The number of nitrogens with one attached hydrogen (secondary N) is 1. The number of carbonyl (C=O) groups excluding carboxylic acids is 1. The van der Waals surface area contributed by atoms with Crippen molar-refractivity contribution in [3.8, 4) is 0 Å². The number of rotatable bonds is 4. The quantitative estimate of drug-likeness (QED) is 0.815. The monoisotopic (exact) mass is 396 g/mol. The van der Waals surface area contributed by atoms with Crippen molar-refractivity contribution >= 4 is 15.9 Å². The van der Waals surface area contributed by atoms with Crippen LogP contribution in [0.3, 0.4) is 0 Å². The SMILES string of the molecule is CCc1ncc(S(=O)(=O)N2C[C@@H]3COC[C@]3(C(=O)N3CCC(C)CC3)C2)[nH]1. The molecule has 3 aliphatic rings. The summed E-state index contributed by atoms with van der Waals surface area (Å²) in [6.07, 6.45) is 4.02. The van der Waals surface area contributed by atoms with Gasteiger partial charge in [-0.1, -0.05) is 13.8 Å². The number of hydrogen-bond acceptors (Lipinski definition) is 5. The number of hydrogen-bond donors (Lipinski definition) is 1. The van der Waals surface area contributed by atoms with Gasteiger partial charge in [-0.05, 0) is 18.8 Å². The van der Waals surface area contributed by atoms with Crippen LogP contribution in [0.1, 0.15) is 32.5 Å². The lowest BCUT2D eigenvalue weighted by molar-refractivity contribution is -0.144. The summed E-state index contributed by atoms with van der Waals surface area (Å²) in [6.45, 7) is 6.87. The van der Waals surface area contributed by atoms with Crippen LogP contribution in [0.25, 0.3) is 0 Å². The molecule has 0 aliphatic carbocycles. The van der Waals surface area contributed by atoms with E-state index >= 15 is 0 Å². The van der Waals surface area contributed by atoms with Gasteiger partial charge in [0.05, 0.1) is 24.8 Å². The van der Waals surface area contributed by atoms with Crippen molar-refractivity contribution in [1.29, 1.82) is 0 Å². The number of ether oxygens (including phenoxy) is 1. The number of nitrogens with zero attached hydrogens (tertiary/aromatic N) is 3. The molecule has 3 saturated heterocycles. The highest BCUT2D eigenvalue weighted by molar-refractivity contribution is 7.89. The molecule has 0 unspecified atom stereocenters. The minimum atomic E-state index is -3.69. The number of aromatic amines is 1. The van der Waals surface area contributed by atoms with Crippen LogP contribution >= 0.6 is 0 Å². The van der Waals surface area contributed by atoms with Crippen molar-refractivity contribution in [1.82, 2.24) is 19.2 Å². The molecule has 0 spiro atoms. The number of amides is 1. The van der Waals surface area contributed by atoms with Crippen LogP contribution in [0.4, 0.5) is 0 Å². The zero-order chi connectivity index (χ0) is 19.2. The van der Waals surface area contributed by atoms with E-state index in [1.165, 1.54) is 10.5 Å². The van der Waals surface area contributed by atoms with Crippen molar-refractivity contribution < 1.29 is 17.9 Å². The van der Waals surface area contributed by atoms with E-state index in [1.807, 2.05) is 11.8 Å². The van der Waals surface area contributed by atoms with E-state index in [4.69, 9.17) is 4.74 Å². The largest absolute Gasteiger partial charge is 0.380 e. The summed E-state index contributed by atoms with van der Waals surface area (Å²) in [5, 5.41) is 0.106. The third kappa shape index (κ3) is 3.09. The topological polar surface area (TPSA) is 95.6 Å². The second kappa shape index (κ2) is 6.86. The minimum Gasteiger partial charge on any atom is -0.380 e. The van der Waals surface area contributed by atoms with Gasteiger partial charge >= 0.3 is 0 Å². The van der Waals surface area contributed by atoms with Gasteiger partial charge in [0, 0.05) is 38.5 Å². The summed E-state index contributed by atoms with van der Waals surface area (Å²) in [6, 6.07) is 0. The summed E-state index contributed by atoms with van der Waals surface area (Å²) < 4.78 is 33.2. The maximum atomic E-state index is 13.4. The standard InChI is InChI=1S/C18H28N4O4S/c1-3-15-19-8-16(20-15)27(24,25)22-9-14-10-26-12-18(14,11-22)17(23)21-6-4-13(2)5-7-21/h8,13-14H,3-7,9-12H2,1-2H3,(H,19,20)/t14-,18-/m1/s1. The first kappa shape index (κ1) is 18.9. The van der Waals surface area contributed by atoms with Gasteiger partial charge in [0.25, 0.3) is 10.0 Å². The van der Waals surface area contributed by atoms with Crippen LogP contribution < -0.4 is 0 Å². The van der Waals surface area contributed by atoms with Crippen LogP contribution in [-0.2, 0) is 26.0 Å². The summed E-state index contributed by atoms with van der Waals surface area (Å²) in [4.78, 5) is 22.3. The molecule has 2 atom stereocenters. The number of piperidine rings is 1. The molecular weight excluding hydrogens is 368 g/mol. The van der Waals surface area contributed by atoms with Crippen molar-refractivity contribution in [2.45, 2.75) is 38.1 Å². The van der Waals surface area contributed by atoms with Crippen molar-refractivity contribution in [3.63, 3.8) is 0 Å². The van der Waals surface area contributed by atoms with Crippen LogP contribution in [0.2, 0.25) is 0 Å². The van der Waals surface area contributed by atoms with E-state index in [0.717, 1.165) is 25.9 Å². The Morgan fingerprint density at radius 3 is 2.81 bits per heavy atom. The first-order valence-electron chi connectivity index (χ1n) is 9.78. The van der Waals surface area contributed by atoms with Crippen LogP contribution in [0.15, 0.2) is 11.2 Å². The highest BCUT2D eigenvalue weighted by atomic mass is 32.2. The highest BCUT2D eigenvalue weighted by Crippen LogP contribution is 2.45. The first-order valence-corrected chi connectivity index (χ1v) is 11.2. The molecule has 3 aliphatic heterocycles. The highest BCUT2D eigenvalue weighted by Gasteiger charge is 2.59. The number of carbonyl (C=O) groups is 1. The predicted molar refractivity (Wildman–Crippen MR) is 98.4 cm³/mol. The Bertz CT molecular complexity index is 815.